The molecule has 1 aliphatic heterocycles. The Morgan fingerprint density at radius 1 is 1.64 bits per heavy atom. The van der Waals surface area contributed by atoms with Crippen molar-refractivity contribution in [3.05, 3.63) is 0 Å². The van der Waals surface area contributed by atoms with Crippen molar-refractivity contribution in [2.24, 2.45) is 0 Å². The van der Waals surface area contributed by atoms with Crippen LogP contribution in [0, 0.1) is 0 Å². The molecular weight excluding hydrogens is 204 g/mol. The number of hydrogen-bond donors (Lipinski definition) is 2. The molecule has 0 bridgehead atoms. The van der Waals surface area contributed by atoms with E-state index in [9.17, 15) is 9.59 Å². The average molecular weight is 218 g/mol. The van der Waals surface area contributed by atoms with Crippen molar-refractivity contribution in [3.8, 4) is 0 Å². The summed E-state index contributed by atoms with van der Waals surface area (Å²) in [6.07, 6.45) is 0. The van der Waals surface area contributed by atoms with Gasteiger partial charge in [0.25, 0.3) is 0 Å². The second kappa shape index (κ2) is 5.21. The Hall–Kier alpha value is -0.750. The van der Waals surface area contributed by atoms with Crippen LogP contribution in [0.15, 0.2) is 0 Å². The van der Waals surface area contributed by atoms with Gasteiger partial charge in [-0.05, 0) is 6.92 Å². The Balaban J connectivity index is 2.50. The van der Waals surface area contributed by atoms with E-state index >= 15 is 0 Å². The van der Waals surface area contributed by atoms with Gasteiger partial charge < -0.3 is 10.0 Å². The molecule has 1 rings (SSSR count). The normalized spacial score (nSPS) is 20.8. The fourth-order valence-electron chi connectivity index (χ4n) is 1.28. The average Bonchev–Trinajstić information content (AvgIpc) is 2.65. The van der Waals surface area contributed by atoms with E-state index in [4.69, 9.17) is 5.11 Å². The van der Waals surface area contributed by atoms with Crippen molar-refractivity contribution >= 4 is 23.6 Å². The molecule has 0 aromatic rings. The van der Waals surface area contributed by atoms with E-state index in [0.29, 0.717) is 6.54 Å². The number of thioether (sulfide) groups is 1. The maximum atomic E-state index is 11.7. The summed E-state index contributed by atoms with van der Waals surface area (Å²) in [5.41, 5.74) is 0. The third-order valence-electron chi connectivity index (χ3n) is 2.03. The van der Waals surface area contributed by atoms with Crippen LogP contribution in [0.25, 0.3) is 0 Å². The van der Waals surface area contributed by atoms with Crippen LogP contribution >= 0.6 is 11.8 Å². The third-order valence-corrected chi connectivity index (χ3v) is 2.97. The zero-order valence-corrected chi connectivity index (χ0v) is 8.84. The standard InChI is InChI=1S/C8H14N2O3S/c1-2-10(3-7(11)12)8(13)6-4-14-5-9-6/h6,9H,2-5H2,1H3,(H,11,12). The van der Waals surface area contributed by atoms with Gasteiger partial charge in [-0.25, -0.2) is 0 Å². The number of nitrogens with one attached hydrogen (secondary N) is 1. The lowest BCUT2D eigenvalue weighted by atomic mass is 10.3. The molecule has 1 aliphatic rings. The number of nitrogens with zero attached hydrogens (tertiary/aromatic N) is 1. The topological polar surface area (TPSA) is 69.6 Å². The van der Waals surface area contributed by atoms with Crippen LogP contribution in [0.4, 0.5) is 0 Å². The Morgan fingerprint density at radius 2 is 2.36 bits per heavy atom. The quantitative estimate of drug-likeness (QED) is 0.671. The highest BCUT2D eigenvalue weighted by atomic mass is 32.2. The lowest BCUT2D eigenvalue weighted by Gasteiger charge is -2.21. The minimum atomic E-state index is -0.967. The number of rotatable bonds is 4. The molecule has 0 aromatic carbocycles. The Morgan fingerprint density at radius 3 is 2.79 bits per heavy atom. The van der Waals surface area contributed by atoms with Crippen LogP contribution in [0.3, 0.4) is 0 Å². The smallest absolute Gasteiger partial charge is 0.323 e. The number of carbonyl (C=O) groups is 2. The summed E-state index contributed by atoms with van der Waals surface area (Å²) >= 11 is 1.65. The van der Waals surface area contributed by atoms with Crippen LogP contribution in [-0.2, 0) is 9.59 Å². The van der Waals surface area contributed by atoms with Gasteiger partial charge in [0, 0.05) is 18.2 Å². The van der Waals surface area contributed by atoms with Crippen LogP contribution < -0.4 is 5.32 Å². The van der Waals surface area contributed by atoms with Crippen LogP contribution in [0.5, 0.6) is 0 Å². The first-order valence-corrected chi connectivity index (χ1v) is 5.62. The molecule has 0 aliphatic carbocycles. The summed E-state index contributed by atoms with van der Waals surface area (Å²) in [6, 6.07) is -0.209. The van der Waals surface area contributed by atoms with Gasteiger partial charge in [-0.1, -0.05) is 0 Å². The molecule has 6 heteroatoms. The summed E-state index contributed by atoms with van der Waals surface area (Å²) in [6.45, 7) is 2.01. The maximum Gasteiger partial charge on any atom is 0.323 e. The summed E-state index contributed by atoms with van der Waals surface area (Å²) in [5, 5.41) is 11.6. The number of aliphatic carboxylic acids is 1. The van der Waals surface area contributed by atoms with Crippen LogP contribution in [-0.4, -0.2) is 52.6 Å². The Bertz CT molecular complexity index is 229. The van der Waals surface area contributed by atoms with Crippen LogP contribution in [0.1, 0.15) is 6.92 Å². The van der Waals surface area contributed by atoms with Gasteiger partial charge in [0.05, 0.1) is 6.04 Å². The molecule has 1 atom stereocenters. The predicted octanol–water partition coefficient (Wildman–Crippen LogP) is -0.418. The first-order chi connectivity index (χ1) is 6.65. The first-order valence-electron chi connectivity index (χ1n) is 4.47. The van der Waals surface area contributed by atoms with Gasteiger partial charge >= 0.3 is 5.97 Å². The summed E-state index contributed by atoms with van der Waals surface area (Å²) in [4.78, 5) is 23.5. The maximum absolute atomic E-state index is 11.7. The molecule has 1 amide bonds. The van der Waals surface area contributed by atoms with E-state index in [0.717, 1.165) is 11.6 Å². The first kappa shape index (κ1) is 11.3. The fraction of sp³-hybridized carbons (Fsp3) is 0.750. The fourth-order valence-corrected chi connectivity index (χ4v) is 2.22. The molecule has 80 valence electrons. The summed E-state index contributed by atoms with van der Waals surface area (Å²) in [5.74, 6) is 0.418. The van der Waals surface area contributed by atoms with E-state index in [2.05, 4.69) is 5.32 Å². The lowest BCUT2D eigenvalue weighted by Crippen LogP contribution is -2.46. The van der Waals surface area contributed by atoms with Crippen molar-refractivity contribution in [2.45, 2.75) is 13.0 Å². The Labute approximate surface area is 86.8 Å². The predicted molar refractivity (Wildman–Crippen MR) is 54.1 cm³/mol. The lowest BCUT2D eigenvalue weighted by molar-refractivity contribution is -0.144. The molecule has 1 fully saturated rings. The largest absolute Gasteiger partial charge is 0.480 e. The van der Waals surface area contributed by atoms with Crippen molar-refractivity contribution in [1.82, 2.24) is 10.2 Å². The van der Waals surface area contributed by atoms with Gasteiger partial charge in [0.15, 0.2) is 0 Å². The number of hydrogen-bond acceptors (Lipinski definition) is 4. The number of carbonyl (C=O) groups excluding carboxylic acids is 1. The molecule has 1 saturated heterocycles. The number of likely N-dealkylation sites (N-methyl/N-ethyl adjacent to an activating group) is 1. The van der Waals surface area contributed by atoms with Gasteiger partial charge in [-0.3, -0.25) is 14.9 Å². The van der Waals surface area contributed by atoms with Gasteiger partial charge in [-0.15, -0.1) is 11.8 Å². The monoisotopic (exact) mass is 218 g/mol. The van der Waals surface area contributed by atoms with E-state index in [1.807, 2.05) is 0 Å². The number of carboxylic acids is 1. The highest BCUT2D eigenvalue weighted by Crippen LogP contribution is 2.11. The summed E-state index contributed by atoms with van der Waals surface area (Å²) in [7, 11) is 0. The number of amides is 1. The van der Waals surface area contributed by atoms with E-state index in [1.54, 1.807) is 18.7 Å². The molecule has 5 nitrogen and oxygen atoms in total. The van der Waals surface area contributed by atoms with Crippen molar-refractivity contribution in [2.75, 3.05) is 24.7 Å². The molecule has 0 spiro atoms. The molecule has 14 heavy (non-hydrogen) atoms. The van der Waals surface area contributed by atoms with Crippen LogP contribution in [0.2, 0.25) is 0 Å². The van der Waals surface area contributed by atoms with Gasteiger partial charge in [0.1, 0.15) is 6.54 Å². The van der Waals surface area contributed by atoms with Crippen molar-refractivity contribution in [3.63, 3.8) is 0 Å². The van der Waals surface area contributed by atoms with Gasteiger partial charge in [0.2, 0.25) is 5.91 Å². The second-order valence-electron chi connectivity index (χ2n) is 3.02. The zero-order chi connectivity index (χ0) is 10.6. The highest BCUT2D eigenvalue weighted by Gasteiger charge is 2.27. The van der Waals surface area contributed by atoms with Crippen molar-refractivity contribution in [1.29, 1.82) is 0 Å². The second-order valence-corrected chi connectivity index (χ2v) is 4.05. The van der Waals surface area contributed by atoms with E-state index in [1.165, 1.54) is 4.90 Å². The van der Waals surface area contributed by atoms with E-state index in [-0.39, 0.29) is 18.5 Å². The Kier molecular flexibility index (Phi) is 4.21. The minimum absolute atomic E-state index is 0.111. The molecule has 0 radical (unpaired) electrons. The minimum Gasteiger partial charge on any atom is -0.480 e. The number of carboxylic acid groups (broad SMARTS) is 1. The molecule has 0 saturated carbocycles. The van der Waals surface area contributed by atoms with Crippen molar-refractivity contribution < 1.29 is 14.7 Å². The zero-order valence-electron chi connectivity index (χ0n) is 8.02. The molecular formula is C8H14N2O3S. The SMILES string of the molecule is CCN(CC(=O)O)C(=O)C1CSCN1. The molecule has 1 heterocycles. The summed E-state index contributed by atoms with van der Waals surface area (Å²) < 4.78 is 0. The molecule has 2 N–H and O–H groups in total. The molecule has 1 unspecified atom stereocenters. The highest BCUT2D eigenvalue weighted by molar-refractivity contribution is 7.99. The molecule has 0 aromatic heterocycles. The van der Waals surface area contributed by atoms with E-state index < -0.39 is 5.97 Å². The third kappa shape index (κ3) is 2.88. The van der Waals surface area contributed by atoms with Gasteiger partial charge in [-0.2, -0.15) is 0 Å².